The number of rotatable bonds is 0. The van der Waals surface area contributed by atoms with Crippen molar-refractivity contribution >= 4 is 9.24 Å². The summed E-state index contributed by atoms with van der Waals surface area (Å²) in [5.41, 5.74) is 0. The van der Waals surface area contributed by atoms with Crippen LogP contribution in [0.2, 0.25) is 0 Å². The maximum absolute atomic E-state index is 2.42. The second-order valence-corrected chi connectivity index (χ2v) is 1.92. The SMILES string of the molecule is CP.[CH3-].[CH3-].[Zr+2].[Zr+2].c1cc[cH-]c1.c1cc[cH-]c1. The van der Waals surface area contributed by atoms with Gasteiger partial charge in [-0.1, -0.05) is 6.66 Å². The molecule has 2 aromatic rings. The minimum absolute atomic E-state index is 0. The van der Waals surface area contributed by atoms with Gasteiger partial charge in [0.05, 0.1) is 0 Å². The first kappa shape index (κ1) is 30.2. The van der Waals surface area contributed by atoms with Gasteiger partial charge in [0.2, 0.25) is 0 Å². The molecule has 0 spiro atoms. The number of hydrogen-bond donors (Lipinski definition) is 0. The van der Waals surface area contributed by atoms with Gasteiger partial charge in [-0.15, -0.1) is 9.24 Å². The largest absolute Gasteiger partial charge is 2.00 e. The second-order valence-electron chi connectivity index (χ2n) is 1.92. The van der Waals surface area contributed by atoms with E-state index in [1.54, 1.807) is 0 Å². The molecule has 0 aliphatic rings. The van der Waals surface area contributed by atoms with Gasteiger partial charge in [-0.3, -0.25) is 0 Å². The molecular formula is C13H21PZr2. The molecule has 0 aromatic heterocycles. The summed E-state index contributed by atoms with van der Waals surface area (Å²) >= 11 is 0. The van der Waals surface area contributed by atoms with Crippen molar-refractivity contribution in [2.75, 3.05) is 6.66 Å². The van der Waals surface area contributed by atoms with E-state index in [2.05, 4.69) is 9.24 Å². The van der Waals surface area contributed by atoms with E-state index in [4.69, 9.17) is 0 Å². The molecule has 86 valence electrons. The van der Waals surface area contributed by atoms with Crippen LogP contribution in [0.25, 0.3) is 0 Å². The molecule has 0 heterocycles. The van der Waals surface area contributed by atoms with Crippen LogP contribution in [0.5, 0.6) is 0 Å². The van der Waals surface area contributed by atoms with Crippen molar-refractivity contribution in [2.24, 2.45) is 0 Å². The normalized spacial score (nSPS) is 5.38. The van der Waals surface area contributed by atoms with Crippen molar-refractivity contribution in [2.45, 2.75) is 0 Å². The van der Waals surface area contributed by atoms with Crippen LogP contribution in [0, 0.1) is 14.9 Å². The Labute approximate surface area is 142 Å². The average molecular weight is 391 g/mol. The zero-order valence-electron chi connectivity index (χ0n) is 10.4. The summed E-state index contributed by atoms with van der Waals surface area (Å²) < 4.78 is 0. The van der Waals surface area contributed by atoms with Crippen LogP contribution in [-0.2, 0) is 52.4 Å². The van der Waals surface area contributed by atoms with Crippen molar-refractivity contribution in [3.05, 3.63) is 75.5 Å². The molecule has 0 bridgehead atoms. The summed E-state index contributed by atoms with van der Waals surface area (Å²) in [6, 6.07) is 20.0. The Bertz CT molecular complexity index is 153. The van der Waals surface area contributed by atoms with E-state index in [1.807, 2.05) is 67.3 Å². The van der Waals surface area contributed by atoms with E-state index >= 15 is 0 Å². The number of hydrogen-bond acceptors (Lipinski definition) is 0. The molecule has 0 fully saturated rings. The summed E-state index contributed by atoms with van der Waals surface area (Å²) in [6.07, 6.45) is 0. The van der Waals surface area contributed by atoms with Crippen molar-refractivity contribution in [1.29, 1.82) is 0 Å². The summed E-state index contributed by atoms with van der Waals surface area (Å²) in [5, 5.41) is 0. The van der Waals surface area contributed by atoms with Gasteiger partial charge in [-0.05, 0) is 0 Å². The van der Waals surface area contributed by atoms with Gasteiger partial charge < -0.3 is 14.9 Å². The van der Waals surface area contributed by atoms with E-state index in [1.165, 1.54) is 0 Å². The van der Waals surface area contributed by atoms with Gasteiger partial charge >= 0.3 is 52.4 Å². The first-order chi connectivity index (χ1) is 6.00. The van der Waals surface area contributed by atoms with Crippen molar-refractivity contribution in [3.8, 4) is 0 Å². The molecule has 0 amide bonds. The zero-order chi connectivity index (χ0) is 9.07. The van der Waals surface area contributed by atoms with Gasteiger partial charge in [0, 0.05) is 0 Å². The van der Waals surface area contributed by atoms with E-state index in [0.717, 1.165) is 0 Å². The van der Waals surface area contributed by atoms with Gasteiger partial charge in [0.1, 0.15) is 0 Å². The van der Waals surface area contributed by atoms with Crippen LogP contribution >= 0.6 is 9.24 Å². The van der Waals surface area contributed by atoms with E-state index < -0.39 is 0 Å². The third-order valence-electron chi connectivity index (χ3n) is 1.11. The minimum atomic E-state index is 0. The summed E-state index contributed by atoms with van der Waals surface area (Å²) in [7, 11) is 2.42. The Morgan fingerprint density at radius 2 is 0.812 bits per heavy atom. The quantitative estimate of drug-likeness (QED) is 0.467. The van der Waals surface area contributed by atoms with Crippen LogP contribution in [0.3, 0.4) is 0 Å². The summed E-state index contributed by atoms with van der Waals surface area (Å²) in [4.78, 5) is 0. The summed E-state index contributed by atoms with van der Waals surface area (Å²) in [6.45, 7) is 1.92. The molecule has 1 unspecified atom stereocenters. The van der Waals surface area contributed by atoms with E-state index in [9.17, 15) is 0 Å². The fraction of sp³-hybridized carbons (Fsp3) is 0.0769. The molecule has 3 heteroatoms. The van der Waals surface area contributed by atoms with E-state index in [-0.39, 0.29) is 67.3 Å². The van der Waals surface area contributed by atoms with Crippen LogP contribution < -0.4 is 0 Å². The van der Waals surface area contributed by atoms with Crippen LogP contribution in [0.15, 0.2) is 60.7 Å². The van der Waals surface area contributed by atoms with Crippen molar-refractivity contribution in [3.63, 3.8) is 0 Å². The third kappa shape index (κ3) is 24.2. The molecule has 0 saturated heterocycles. The first-order valence-electron chi connectivity index (χ1n) is 3.91. The molecule has 0 N–H and O–H groups in total. The van der Waals surface area contributed by atoms with Crippen molar-refractivity contribution < 1.29 is 52.4 Å². The molecule has 16 heavy (non-hydrogen) atoms. The standard InChI is InChI=1S/2C5H5.CH5P.2CH3.2Zr/c2*1-2-4-5-3-1;1-2;;;;/h2*1-5H;2H2,1H3;2*1H3;;/q2*-1;;2*-1;2*+2. The van der Waals surface area contributed by atoms with Crippen molar-refractivity contribution in [1.82, 2.24) is 0 Å². The molecular weight excluding hydrogens is 370 g/mol. The van der Waals surface area contributed by atoms with Gasteiger partial charge in [-0.25, -0.2) is 24.3 Å². The Hall–Kier alpha value is 0.896. The molecule has 0 nitrogen and oxygen atoms in total. The monoisotopic (exact) mass is 388 g/mol. The molecule has 0 radical (unpaired) electrons. The Morgan fingerprint density at radius 1 is 0.625 bits per heavy atom. The predicted molar refractivity (Wildman–Crippen MR) is 72.5 cm³/mol. The van der Waals surface area contributed by atoms with E-state index in [0.29, 0.717) is 0 Å². The molecule has 2 aromatic carbocycles. The third-order valence-corrected chi connectivity index (χ3v) is 1.11. The predicted octanol–water partition coefficient (Wildman–Crippen LogP) is 4.20. The maximum Gasteiger partial charge on any atom is 2.00 e. The Kier molecular flexibility index (Phi) is 56.0. The van der Waals surface area contributed by atoms with Crippen LogP contribution in [-0.4, -0.2) is 6.66 Å². The summed E-state index contributed by atoms with van der Waals surface area (Å²) in [5.74, 6) is 0. The molecule has 2 rings (SSSR count). The average Bonchev–Trinajstić information content (AvgIpc) is 2.87. The second kappa shape index (κ2) is 29.7. The smallest absolute Gasteiger partial charge is 0.358 e. The van der Waals surface area contributed by atoms with Crippen LogP contribution in [0.4, 0.5) is 0 Å². The minimum Gasteiger partial charge on any atom is -0.358 e. The molecule has 1 atom stereocenters. The topological polar surface area (TPSA) is 0 Å². The maximum atomic E-state index is 2.42. The molecule has 0 aliphatic heterocycles. The fourth-order valence-corrected chi connectivity index (χ4v) is 0.642. The Morgan fingerprint density at radius 3 is 0.875 bits per heavy atom. The van der Waals surface area contributed by atoms with Gasteiger partial charge in [-0.2, -0.15) is 36.4 Å². The van der Waals surface area contributed by atoms with Gasteiger partial charge in [0.15, 0.2) is 0 Å². The Balaban J connectivity index is -0.0000000360. The van der Waals surface area contributed by atoms with Gasteiger partial charge in [0.25, 0.3) is 0 Å². The first-order valence-corrected chi connectivity index (χ1v) is 5.07. The van der Waals surface area contributed by atoms with Crippen LogP contribution in [0.1, 0.15) is 0 Å². The molecule has 0 saturated carbocycles. The molecule has 0 aliphatic carbocycles. The zero-order valence-corrected chi connectivity index (χ0v) is 16.4. The fourth-order valence-electron chi connectivity index (χ4n) is 0.642.